The molecule has 2 heterocycles. The summed E-state index contributed by atoms with van der Waals surface area (Å²) in [6.45, 7) is 3.64. The number of aliphatic hydroxyl groups excluding tert-OH is 1. The van der Waals surface area contributed by atoms with Crippen LogP contribution in [0.2, 0.25) is 0 Å². The summed E-state index contributed by atoms with van der Waals surface area (Å²) in [4.78, 5) is 23.9. The molecule has 2 aromatic carbocycles. The number of pyridine rings is 1. The van der Waals surface area contributed by atoms with E-state index in [1.807, 2.05) is 6.07 Å². The topological polar surface area (TPSA) is 98.4 Å². The van der Waals surface area contributed by atoms with E-state index in [1.165, 1.54) is 23.8 Å². The molecule has 36 heavy (non-hydrogen) atoms. The van der Waals surface area contributed by atoms with E-state index >= 15 is 0 Å². The van der Waals surface area contributed by atoms with Crippen LogP contribution in [0.25, 0.3) is 16.6 Å². The Kier molecular flexibility index (Phi) is 6.89. The molecule has 0 radical (unpaired) electrons. The van der Waals surface area contributed by atoms with Crippen LogP contribution >= 0.6 is 0 Å². The van der Waals surface area contributed by atoms with Crippen LogP contribution in [0.1, 0.15) is 38.7 Å². The standard InChI is InChI=1S/C26H26F2N4O4/c1-16(30-25(35)26(3,27)28)24(18-7-5-4-6-8-18)36-21-10-11-22-19(13-21)14-29-32(22)20-9-12-23(34)31(15-20)17(2)33/h4-17,24,33H,1-3H3,(H,30,35)/t16-,17?,24-/m0/s1. The summed E-state index contributed by atoms with van der Waals surface area (Å²) in [6.07, 6.45) is 1.41. The number of fused-ring (bicyclic) bond motifs is 1. The van der Waals surface area contributed by atoms with Gasteiger partial charge in [-0.25, -0.2) is 4.68 Å². The predicted molar refractivity (Wildman–Crippen MR) is 130 cm³/mol. The number of aliphatic hydroxyl groups is 1. The first-order valence-corrected chi connectivity index (χ1v) is 11.3. The van der Waals surface area contributed by atoms with Gasteiger partial charge in [0.15, 0.2) is 0 Å². The molecule has 188 valence electrons. The average Bonchev–Trinajstić information content (AvgIpc) is 3.25. The normalized spacial score (nSPS) is 14.3. The van der Waals surface area contributed by atoms with Crippen molar-refractivity contribution in [1.29, 1.82) is 0 Å². The predicted octanol–water partition coefficient (Wildman–Crippen LogP) is 3.98. The molecule has 0 fully saturated rings. The van der Waals surface area contributed by atoms with Gasteiger partial charge in [-0.05, 0) is 43.7 Å². The van der Waals surface area contributed by atoms with Crippen molar-refractivity contribution in [2.75, 3.05) is 0 Å². The van der Waals surface area contributed by atoms with Crippen LogP contribution in [0.5, 0.6) is 5.75 Å². The lowest BCUT2D eigenvalue weighted by molar-refractivity contribution is -0.144. The van der Waals surface area contributed by atoms with Crippen molar-refractivity contribution in [3.05, 3.63) is 89.0 Å². The minimum absolute atomic E-state index is 0.338. The van der Waals surface area contributed by atoms with E-state index in [1.54, 1.807) is 66.3 Å². The number of carbonyl (C=O) groups is 1. The number of hydrogen-bond donors (Lipinski definition) is 2. The number of amides is 1. The average molecular weight is 497 g/mol. The lowest BCUT2D eigenvalue weighted by Crippen LogP contribution is -2.46. The molecule has 3 atom stereocenters. The minimum atomic E-state index is -3.51. The van der Waals surface area contributed by atoms with E-state index < -0.39 is 30.2 Å². The smallest absolute Gasteiger partial charge is 0.321 e. The molecule has 1 unspecified atom stereocenters. The highest BCUT2D eigenvalue weighted by molar-refractivity contribution is 5.83. The van der Waals surface area contributed by atoms with E-state index in [0.29, 0.717) is 23.9 Å². The summed E-state index contributed by atoms with van der Waals surface area (Å²) >= 11 is 0. The summed E-state index contributed by atoms with van der Waals surface area (Å²) in [5.41, 5.74) is 1.68. The highest BCUT2D eigenvalue weighted by atomic mass is 19.3. The Morgan fingerprint density at radius 3 is 2.50 bits per heavy atom. The van der Waals surface area contributed by atoms with Gasteiger partial charge in [-0.1, -0.05) is 30.3 Å². The SMILES string of the molecule is CC(O)n1cc(-n2ncc3cc(O[C@H](c4ccccc4)[C@H](C)NC(=O)C(C)(F)F)ccc32)ccc1=O. The van der Waals surface area contributed by atoms with Gasteiger partial charge >= 0.3 is 5.92 Å². The molecule has 0 spiro atoms. The summed E-state index contributed by atoms with van der Waals surface area (Å²) in [5.74, 6) is -4.44. The molecule has 0 saturated carbocycles. The number of alkyl halides is 2. The van der Waals surface area contributed by atoms with Crippen molar-refractivity contribution in [3.8, 4) is 11.4 Å². The van der Waals surface area contributed by atoms with Gasteiger partial charge in [0.05, 0.1) is 23.4 Å². The molecule has 0 saturated heterocycles. The third-order valence-electron chi connectivity index (χ3n) is 5.71. The fraction of sp³-hybridized carbons (Fsp3) is 0.269. The Balaban J connectivity index is 1.65. The first-order chi connectivity index (χ1) is 17.0. The maximum Gasteiger partial charge on any atom is 0.321 e. The van der Waals surface area contributed by atoms with E-state index in [2.05, 4.69) is 10.4 Å². The number of nitrogens with one attached hydrogen (secondary N) is 1. The van der Waals surface area contributed by atoms with E-state index in [9.17, 15) is 23.5 Å². The molecular weight excluding hydrogens is 470 g/mol. The zero-order valence-corrected chi connectivity index (χ0v) is 19.9. The second-order valence-corrected chi connectivity index (χ2v) is 8.64. The number of halogens is 2. The second-order valence-electron chi connectivity index (χ2n) is 8.64. The quantitative estimate of drug-likeness (QED) is 0.385. The fourth-order valence-electron chi connectivity index (χ4n) is 3.86. The highest BCUT2D eigenvalue weighted by Gasteiger charge is 2.35. The minimum Gasteiger partial charge on any atom is -0.484 e. The van der Waals surface area contributed by atoms with Gasteiger partial charge in [0.25, 0.3) is 11.5 Å². The van der Waals surface area contributed by atoms with Crippen LogP contribution in [0, 0.1) is 0 Å². The Morgan fingerprint density at radius 1 is 1.11 bits per heavy atom. The lowest BCUT2D eigenvalue weighted by Gasteiger charge is -2.27. The molecule has 2 aromatic heterocycles. The Morgan fingerprint density at radius 2 is 1.83 bits per heavy atom. The number of aromatic nitrogens is 3. The van der Waals surface area contributed by atoms with E-state index in [4.69, 9.17) is 4.74 Å². The monoisotopic (exact) mass is 496 g/mol. The maximum absolute atomic E-state index is 13.5. The van der Waals surface area contributed by atoms with Gasteiger partial charge in [-0.2, -0.15) is 13.9 Å². The number of ether oxygens (including phenoxy) is 1. The van der Waals surface area contributed by atoms with Gasteiger partial charge in [0, 0.05) is 24.6 Å². The van der Waals surface area contributed by atoms with Crippen LogP contribution in [-0.2, 0) is 4.79 Å². The Hall–Kier alpha value is -4.05. The molecule has 1 amide bonds. The zero-order chi connectivity index (χ0) is 26.0. The van der Waals surface area contributed by atoms with E-state index in [0.717, 1.165) is 10.9 Å². The Labute approximate surface area is 205 Å². The molecule has 0 aliphatic carbocycles. The number of rotatable bonds is 8. The van der Waals surface area contributed by atoms with Gasteiger partial charge < -0.3 is 15.2 Å². The van der Waals surface area contributed by atoms with Crippen molar-refractivity contribution >= 4 is 16.8 Å². The molecule has 4 aromatic rings. The summed E-state index contributed by atoms with van der Waals surface area (Å²) in [6, 6.07) is 16.5. The van der Waals surface area contributed by atoms with Crippen molar-refractivity contribution in [1.82, 2.24) is 19.7 Å². The summed E-state index contributed by atoms with van der Waals surface area (Å²) in [7, 11) is 0. The number of nitrogens with zero attached hydrogens (tertiary/aromatic N) is 3. The molecule has 0 aliphatic heterocycles. The first kappa shape index (κ1) is 25.1. The fourth-order valence-corrected chi connectivity index (χ4v) is 3.86. The number of hydrogen-bond acceptors (Lipinski definition) is 5. The molecule has 4 rings (SSSR count). The van der Waals surface area contributed by atoms with Gasteiger partial charge in [-0.15, -0.1) is 0 Å². The van der Waals surface area contributed by atoms with Gasteiger partial charge in [0.1, 0.15) is 18.1 Å². The Bertz CT molecular complexity index is 1430. The second kappa shape index (κ2) is 9.90. The van der Waals surface area contributed by atoms with Crippen molar-refractivity contribution in [3.63, 3.8) is 0 Å². The van der Waals surface area contributed by atoms with Gasteiger partial charge in [0.2, 0.25) is 0 Å². The number of carbonyl (C=O) groups excluding carboxylic acids is 1. The zero-order valence-electron chi connectivity index (χ0n) is 19.9. The van der Waals surface area contributed by atoms with Crippen molar-refractivity contribution in [2.24, 2.45) is 0 Å². The largest absolute Gasteiger partial charge is 0.484 e. The van der Waals surface area contributed by atoms with Crippen molar-refractivity contribution in [2.45, 2.75) is 45.1 Å². The van der Waals surface area contributed by atoms with Crippen molar-refractivity contribution < 1.29 is 23.4 Å². The van der Waals surface area contributed by atoms with Crippen LogP contribution in [-0.4, -0.2) is 37.3 Å². The maximum atomic E-state index is 13.5. The molecular formula is C26H26F2N4O4. The third kappa shape index (κ3) is 5.28. The number of benzene rings is 2. The molecule has 2 N–H and O–H groups in total. The van der Waals surface area contributed by atoms with Crippen LogP contribution in [0.3, 0.4) is 0 Å². The van der Waals surface area contributed by atoms with Crippen LogP contribution in [0.15, 0.2) is 77.9 Å². The summed E-state index contributed by atoms with van der Waals surface area (Å²) < 4.78 is 36.0. The van der Waals surface area contributed by atoms with Crippen LogP contribution < -0.4 is 15.6 Å². The van der Waals surface area contributed by atoms with E-state index in [-0.39, 0.29) is 5.56 Å². The van der Waals surface area contributed by atoms with Gasteiger partial charge in [-0.3, -0.25) is 14.2 Å². The van der Waals surface area contributed by atoms with Crippen LogP contribution in [0.4, 0.5) is 8.78 Å². The molecule has 0 bridgehead atoms. The molecule has 0 aliphatic rings. The molecule has 8 nitrogen and oxygen atoms in total. The third-order valence-corrected chi connectivity index (χ3v) is 5.71. The lowest BCUT2D eigenvalue weighted by atomic mass is 10.0. The first-order valence-electron chi connectivity index (χ1n) is 11.3. The summed E-state index contributed by atoms with van der Waals surface area (Å²) in [5, 5.41) is 17.3. The highest BCUT2D eigenvalue weighted by Crippen LogP contribution is 2.29. The molecule has 10 heteroatoms.